The number of aromatic amines is 1. The molecule has 4 rings (SSSR count). The zero-order valence-corrected chi connectivity index (χ0v) is 14.4. The van der Waals surface area contributed by atoms with Crippen molar-refractivity contribution in [3.63, 3.8) is 0 Å². The molecule has 0 radical (unpaired) electrons. The van der Waals surface area contributed by atoms with Crippen molar-refractivity contribution in [2.75, 3.05) is 11.1 Å². The molecule has 0 unspecified atom stereocenters. The van der Waals surface area contributed by atoms with Crippen LogP contribution in [0.4, 0.5) is 16.6 Å². The largest absolute Gasteiger partial charge is 0.382 e. The normalized spacial score (nSPS) is 11.1. The van der Waals surface area contributed by atoms with Crippen LogP contribution in [0.15, 0.2) is 42.5 Å². The first-order valence-corrected chi connectivity index (χ1v) is 8.53. The minimum Gasteiger partial charge on any atom is -0.382 e. The summed E-state index contributed by atoms with van der Waals surface area (Å²) in [5, 5.41) is 4.63. The minimum atomic E-state index is 0.451. The summed E-state index contributed by atoms with van der Waals surface area (Å²) in [6, 6.07) is 13.5. The molecule has 0 aliphatic carbocycles. The molecule has 7 heteroatoms. The molecular weight excluding hydrogens is 342 g/mol. The zero-order valence-electron chi connectivity index (χ0n) is 12.8. The molecule has 0 fully saturated rings. The van der Waals surface area contributed by atoms with Crippen LogP contribution in [0, 0.1) is 6.92 Å². The average Bonchev–Trinajstić information content (AvgIpc) is 3.12. The number of nitrogens with two attached hydrogens (primary N) is 1. The lowest BCUT2D eigenvalue weighted by Gasteiger charge is -2.01. The third-order valence-corrected chi connectivity index (χ3v) is 4.85. The number of rotatable bonds is 3. The molecule has 0 saturated carbocycles. The summed E-state index contributed by atoms with van der Waals surface area (Å²) in [7, 11) is 0. The predicted octanol–water partition coefficient (Wildman–Crippen LogP) is 4.97. The second-order valence-electron chi connectivity index (χ2n) is 5.47. The first-order valence-electron chi connectivity index (χ1n) is 7.34. The third kappa shape index (κ3) is 2.81. The summed E-state index contributed by atoms with van der Waals surface area (Å²) in [4.78, 5) is 13.1. The van der Waals surface area contributed by atoms with E-state index in [1.165, 1.54) is 16.9 Å². The fourth-order valence-corrected chi connectivity index (χ4v) is 3.41. The Labute approximate surface area is 147 Å². The summed E-state index contributed by atoms with van der Waals surface area (Å²) >= 11 is 7.36. The molecule has 0 spiro atoms. The van der Waals surface area contributed by atoms with Crippen molar-refractivity contribution in [3.8, 4) is 10.7 Å². The number of aromatic nitrogens is 3. The number of fused-ring (bicyclic) bond motifs is 1. The number of nitrogens with zero attached hydrogens (tertiary/aromatic N) is 2. The molecule has 2 aromatic carbocycles. The maximum Gasteiger partial charge on any atom is 0.189 e. The Morgan fingerprint density at radius 3 is 2.71 bits per heavy atom. The highest BCUT2D eigenvalue weighted by atomic mass is 35.5. The molecule has 120 valence electrons. The number of nitrogens with one attached hydrogen (secondary N) is 2. The fraction of sp³-hybridized carbons (Fsp3) is 0.0588. The Bertz CT molecular complexity index is 1020. The van der Waals surface area contributed by atoms with Crippen molar-refractivity contribution >= 4 is 50.6 Å². The monoisotopic (exact) mass is 355 g/mol. The van der Waals surface area contributed by atoms with Crippen molar-refractivity contribution in [1.82, 2.24) is 15.0 Å². The summed E-state index contributed by atoms with van der Waals surface area (Å²) in [5.74, 6) is 1.18. The Hall–Kier alpha value is -2.57. The van der Waals surface area contributed by atoms with Crippen LogP contribution in [0.2, 0.25) is 5.02 Å². The number of hydrogen-bond acceptors (Lipinski definition) is 5. The van der Waals surface area contributed by atoms with Gasteiger partial charge in [-0.05, 0) is 48.9 Å². The van der Waals surface area contributed by atoms with Crippen LogP contribution in [-0.2, 0) is 0 Å². The number of halogens is 1. The maximum atomic E-state index is 6.08. The second kappa shape index (κ2) is 5.81. The Morgan fingerprint density at radius 2 is 1.92 bits per heavy atom. The lowest BCUT2D eigenvalue weighted by atomic mass is 10.2. The highest BCUT2D eigenvalue weighted by Crippen LogP contribution is 2.35. The van der Waals surface area contributed by atoms with E-state index in [4.69, 9.17) is 17.3 Å². The van der Waals surface area contributed by atoms with Crippen LogP contribution < -0.4 is 11.1 Å². The molecule has 0 aliphatic rings. The van der Waals surface area contributed by atoms with Crippen LogP contribution in [0.5, 0.6) is 0 Å². The van der Waals surface area contributed by atoms with Gasteiger partial charge >= 0.3 is 0 Å². The van der Waals surface area contributed by atoms with E-state index in [9.17, 15) is 0 Å². The Morgan fingerprint density at radius 1 is 1.12 bits per heavy atom. The molecule has 0 amide bonds. The summed E-state index contributed by atoms with van der Waals surface area (Å²) < 4.78 is 0. The smallest absolute Gasteiger partial charge is 0.189 e. The highest BCUT2D eigenvalue weighted by Gasteiger charge is 2.14. The van der Waals surface area contributed by atoms with E-state index in [2.05, 4.69) is 20.3 Å². The number of anilines is 3. The fourth-order valence-electron chi connectivity index (χ4n) is 2.44. The Balaban J connectivity index is 1.68. The van der Waals surface area contributed by atoms with Gasteiger partial charge < -0.3 is 16.0 Å². The van der Waals surface area contributed by atoms with Gasteiger partial charge in [0.15, 0.2) is 11.0 Å². The van der Waals surface area contributed by atoms with Gasteiger partial charge in [-0.1, -0.05) is 29.0 Å². The lowest BCUT2D eigenvalue weighted by Crippen LogP contribution is -1.91. The van der Waals surface area contributed by atoms with Gasteiger partial charge in [0.1, 0.15) is 10.7 Å². The number of benzene rings is 2. The molecule has 4 N–H and O–H groups in total. The van der Waals surface area contributed by atoms with E-state index in [1.807, 2.05) is 49.4 Å². The van der Waals surface area contributed by atoms with Crippen LogP contribution in [-0.4, -0.2) is 15.0 Å². The molecule has 2 aromatic heterocycles. The lowest BCUT2D eigenvalue weighted by molar-refractivity contribution is 1.33. The standard InChI is InChI=1S/C17H14ClN5S/c1-9-2-7-12-13(8-9)22-16(21-12)14-15(19)23-17(24-14)20-11-5-3-10(18)4-6-11/h2-8H,19H2,1H3,(H,20,23)(H,21,22). The first-order chi connectivity index (χ1) is 11.6. The van der Waals surface area contributed by atoms with Crippen LogP contribution in [0.25, 0.3) is 21.7 Å². The molecule has 2 heterocycles. The van der Waals surface area contributed by atoms with Crippen molar-refractivity contribution < 1.29 is 0 Å². The van der Waals surface area contributed by atoms with Gasteiger partial charge in [-0.15, -0.1) is 0 Å². The van der Waals surface area contributed by atoms with Crippen molar-refractivity contribution in [1.29, 1.82) is 0 Å². The number of imidazole rings is 1. The van der Waals surface area contributed by atoms with Gasteiger partial charge in [-0.3, -0.25) is 0 Å². The number of hydrogen-bond donors (Lipinski definition) is 3. The molecule has 5 nitrogen and oxygen atoms in total. The van der Waals surface area contributed by atoms with Gasteiger partial charge in [0, 0.05) is 10.7 Å². The van der Waals surface area contributed by atoms with Gasteiger partial charge in [0.05, 0.1) is 11.0 Å². The van der Waals surface area contributed by atoms with Crippen molar-refractivity contribution in [3.05, 3.63) is 53.1 Å². The molecule has 0 saturated heterocycles. The first kappa shape index (κ1) is 15.0. The predicted molar refractivity (Wildman–Crippen MR) is 101 cm³/mol. The molecule has 4 aromatic rings. The van der Waals surface area contributed by atoms with Crippen molar-refractivity contribution in [2.24, 2.45) is 0 Å². The topological polar surface area (TPSA) is 79.6 Å². The minimum absolute atomic E-state index is 0.451. The van der Waals surface area contributed by atoms with Gasteiger partial charge in [-0.2, -0.15) is 0 Å². The SMILES string of the molecule is Cc1ccc2[nH]c(-c3sc(Nc4ccc(Cl)cc4)nc3N)nc2c1. The zero-order chi connectivity index (χ0) is 16.7. The number of nitrogen functional groups attached to an aromatic ring is 1. The molecule has 24 heavy (non-hydrogen) atoms. The van der Waals surface area contributed by atoms with E-state index < -0.39 is 0 Å². The summed E-state index contributed by atoms with van der Waals surface area (Å²) in [6.45, 7) is 2.04. The van der Waals surface area contributed by atoms with Crippen molar-refractivity contribution in [2.45, 2.75) is 6.92 Å². The van der Waals surface area contributed by atoms with E-state index in [0.717, 1.165) is 27.4 Å². The van der Waals surface area contributed by atoms with Crippen LogP contribution in [0.1, 0.15) is 5.56 Å². The van der Waals surface area contributed by atoms with Crippen LogP contribution >= 0.6 is 22.9 Å². The molecule has 0 bridgehead atoms. The molecule has 0 aliphatic heterocycles. The molecule has 0 atom stereocenters. The quantitative estimate of drug-likeness (QED) is 0.484. The van der Waals surface area contributed by atoms with Gasteiger partial charge in [-0.25, -0.2) is 9.97 Å². The third-order valence-electron chi connectivity index (χ3n) is 3.60. The van der Waals surface area contributed by atoms with E-state index >= 15 is 0 Å². The maximum absolute atomic E-state index is 6.08. The molecular formula is C17H14ClN5S. The van der Waals surface area contributed by atoms with E-state index in [-0.39, 0.29) is 0 Å². The Kier molecular flexibility index (Phi) is 3.63. The number of H-pyrrole nitrogens is 1. The number of aryl methyl sites for hydroxylation is 1. The summed E-state index contributed by atoms with van der Waals surface area (Å²) in [5.41, 5.74) is 10.1. The number of thiazole rings is 1. The average molecular weight is 356 g/mol. The van der Waals surface area contributed by atoms with E-state index in [0.29, 0.717) is 16.0 Å². The highest BCUT2D eigenvalue weighted by molar-refractivity contribution is 7.19. The summed E-state index contributed by atoms with van der Waals surface area (Å²) in [6.07, 6.45) is 0. The van der Waals surface area contributed by atoms with Gasteiger partial charge in [0.25, 0.3) is 0 Å². The van der Waals surface area contributed by atoms with E-state index in [1.54, 1.807) is 0 Å². The van der Waals surface area contributed by atoms with Crippen LogP contribution in [0.3, 0.4) is 0 Å². The van der Waals surface area contributed by atoms with Gasteiger partial charge in [0.2, 0.25) is 0 Å². The second-order valence-corrected chi connectivity index (χ2v) is 6.91.